The first kappa shape index (κ1) is 26.3. The molecule has 0 bridgehead atoms. The first-order chi connectivity index (χ1) is 18.7. The van der Waals surface area contributed by atoms with Gasteiger partial charge in [0.1, 0.15) is 35.5 Å². The molecule has 0 radical (unpaired) electrons. The number of β-lactam (4-membered cyclic amide) rings is 1. The summed E-state index contributed by atoms with van der Waals surface area (Å²) in [5, 5.41) is 24.5. The molecule has 0 saturated carbocycles. The Kier molecular flexibility index (Phi) is 7.02. The number of hydrazine groups is 1. The molecule has 19 heteroatoms. The van der Waals surface area contributed by atoms with Crippen molar-refractivity contribution in [3.8, 4) is 0 Å². The van der Waals surface area contributed by atoms with E-state index in [4.69, 9.17) is 5.73 Å². The van der Waals surface area contributed by atoms with E-state index in [9.17, 15) is 28.7 Å². The van der Waals surface area contributed by atoms with Gasteiger partial charge in [0.05, 0.1) is 36.3 Å². The summed E-state index contributed by atoms with van der Waals surface area (Å²) in [6.07, 6.45) is 5.19. The molecule has 3 atom stereocenters. The van der Waals surface area contributed by atoms with E-state index in [1.54, 1.807) is 29.1 Å². The van der Waals surface area contributed by atoms with Crippen LogP contribution in [-0.4, -0.2) is 73.6 Å². The van der Waals surface area contributed by atoms with E-state index in [2.05, 4.69) is 30.6 Å². The lowest BCUT2D eigenvalue weighted by atomic mass is 10.0. The number of thioether (sulfide) groups is 1. The minimum Gasteiger partial charge on any atom is -0.543 e. The molecule has 1 saturated heterocycles. The predicted molar refractivity (Wildman–Crippen MR) is 131 cm³/mol. The first-order valence-corrected chi connectivity index (χ1v) is 12.8. The lowest BCUT2D eigenvalue weighted by Crippen LogP contribution is -2.73. The number of fused-ring (bicyclic) bond motifs is 2. The van der Waals surface area contributed by atoms with Gasteiger partial charge in [-0.25, -0.2) is 4.57 Å². The minimum atomic E-state index is -1.63. The second-order valence-corrected chi connectivity index (χ2v) is 10.1. The van der Waals surface area contributed by atoms with Gasteiger partial charge < -0.3 is 31.1 Å². The Hall–Kier alpha value is -4.36. The summed E-state index contributed by atoms with van der Waals surface area (Å²) in [5.74, 6) is -4.87. The number of hydrogen-bond donors (Lipinski definition) is 4. The minimum absolute atomic E-state index is 0.0355. The van der Waals surface area contributed by atoms with Crippen molar-refractivity contribution in [2.24, 2.45) is 5.16 Å². The number of aliphatic carboxylic acids is 1. The molecule has 39 heavy (non-hydrogen) atoms. The molecule has 3 aliphatic heterocycles. The van der Waals surface area contributed by atoms with Gasteiger partial charge >= 0.3 is 17.5 Å². The number of nitrogens with two attached hydrogens (primary N) is 1. The van der Waals surface area contributed by atoms with Crippen LogP contribution >= 0.6 is 23.7 Å². The van der Waals surface area contributed by atoms with E-state index >= 15 is 0 Å². The fourth-order valence-electron chi connectivity index (χ4n) is 4.26. The van der Waals surface area contributed by atoms with Crippen molar-refractivity contribution in [2.75, 3.05) is 12.8 Å². The number of carboxylic acid groups (broad SMARTS) is 1. The molecule has 1 fully saturated rings. The molecule has 3 aliphatic rings. The van der Waals surface area contributed by atoms with Gasteiger partial charge in [-0.05, 0) is 17.1 Å². The molecular weight excluding hydrogens is 559 g/mol. The van der Waals surface area contributed by atoms with Crippen molar-refractivity contribution >= 4 is 65.3 Å². The van der Waals surface area contributed by atoms with Crippen LogP contribution in [0, 0.1) is 0 Å². The fraction of sp³-hybridized carbons (Fsp3) is 0.250. The van der Waals surface area contributed by atoms with Crippen molar-refractivity contribution in [1.29, 1.82) is 0 Å². The Morgan fingerprint density at radius 3 is 2.95 bits per heavy atom. The molecular formula is C20H19FN10O6S2. The van der Waals surface area contributed by atoms with Crippen LogP contribution < -0.4 is 30.9 Å². The average Bonchev–Trinajstić information content (AvgIpc) is 3.59. The molecule has 0 aliphatic carbocycles. The lowest BCUT2D eigenvalue weighted by molar-refractivity contribution is -0.666. The van der Waals surface area contributed by atoms with Crippen LogP contribution in [0.4, 0.5) is 10.2 Å². The van der Waals surface area contributed by atoms with E-state index in [1.807, 2.05) is 0 Å². The topological polar surface area (TPSA) is 203 Å². The third-order valence-corrected chi connectivity index (χ3v) is 8.17. The molecule has 2 aromatic heterocycles. The van der Waals surface area contributed by atoms with Gasteiger partial charge in [-0.2, -0.15) is 9.22 Å². The number of amides is 3. The van der Waals surface area contributed by atoms with Crippen LogP contribution in [0.1, 0.15) is 0 Å². The second kappa shape index (κ2) is 10.4. The number of carboxylic acids is 1. The van der Waals surface area contributed by atoms with Gasteiger partial charge in [0.15, 0.2) is 0 Å². The van der Waals surface area contributed by atoms with Crippen LogP contribution in [0.5, 0.6) is 0 Å². The fourth-order valence-corrected chi connectivity index (χ4v) is 6.50. The number of hydrogen-bond acceptors (Lipinski definition) is 13. The molecule has 204 valence electrons. The molecule has 3 amide bonds. The number of anilines is 1. The maximum absolute atomic E-state index is 13.8. The number of aromatic nitrogens is 3. The van der Waals surface area contributed by atoms with Crippen molar-refractivity contribution in [3.05, 3.63) is 47.0 Å². The highest BCUT2D eigenvalue weighted by Crippen LogP contribution is 2.46. The molecule has 5 N–H and O–H groups in total. The molecule has 16 nitrogen and oxygen atoms in total. The number of nitrogens with one attached hydrogen (secondary N) is 3. The highest BCUT2D eigenvalue weighted by molar-refractivity contribution is 8.02. The Morgan fingerprint density at radius 2 is 2.23 bits per heavy atom. The highest BCUT2D eigenvalue weighted by Gasteiger charge is 2.56. The first-order valence-electron chi connectivity index (χ1n) is 11.0. The zero-order valence-electron chi connectivity index (χ0n) is 19.8. The van der Waals surface area contributed by atoms with E-state index < -0.39 is 46.2 Å². The van der Waals surface area contributed by atoms with Gasteiger partial charge in [-0.1, -0.05) is 9.61 Å². The van der Waals surface area contributed by atoms with E-state index in [1.165, 1.54) is 15.7 Å². The quantitative estimate of drug-likeness (QED) is 0.0583. The predicted octanol–water partition coefficient (Wildman–Crippen LogP) is -3.12. The smallest absolute Gasteiger partial charge is 0.313 e. The third-order valence-electron chi connectivity index (χ3n) is 5.89. The third kappa shape index (κ3) is 4.59. The van der Waals surface area contributed by atoms with Crippen molar-refractivity contribution in [2.45, 2.75) is 23.3 Å². The normalized spacial score (nSPS) is 22.8. The van der Waals surface area contributed by atoms with Gasteiger partial charge in [-0.15, -0.1) is 11.8 Å². The number of nitrogens with zero attached hydrogens (tertiary/aromatic N) is 6. The van der Waals surface area contributed by atoms with Gasteiger partial charge in [0, 0.05) is 11.6 Å². The number of carbonyl (C=O) groups excluding carboxylic acids is 4. The second-order valence-electron chi connectivity index (χ2n) is 8.09. The van der Waals surface area contributed by atoms with Gasteiger partial charge in [0.25, 0.3) is 5.91 Å². The summed E-state index contributed by atoms with van der Waals surface area (Å²) >= 11 is 2.18. The largest absolute Gasteiger partial charge is 0.543 e. The molecule has 2 unspecified atom stereocenters. The Morgan fingerprint density at radius 1 is 1.44 bits per heavy atom. The zero-order chi connectivity index (χ0) is 27.8. The van der Waals surface area contributed by atoms with Crippen molar-refractivity contribution in [1.82, 2.24) is 35.0 Å². The lowest BCUT2D eigenvalue weighted by Gasteiger charge is -2.53. The molecule has 0 spiro atoms. The number of nitrogen functional groups attached to an aromatic ring is 1. The Labute approximate surface area is 226 Å². The summed E-state index contributed by atoms with van der Waals surface area (Å²) < 4.78 is 17.0. The molecule has 0 aromatic carbocycles. The van der Waals surface area contributed by atoms with E-state index in [0.717, 1.165) is 35.7 Å². The molecule has 2 aromatic rings. The standard InChI is InChI=1S/C20H19FN10O6S2/c1-37-26-15(21)16(33)25-13-17(34)30-14(20(35)36)9(6-28-5-3-10(22)31-12(28)2-4-24-31)18(38-19(13)30)29-7-11(23-8-32)39-27-29/h2-5,7-8,13,18-19,22,27H,6H2,1H3,(H3,23,25,32,33,35,36)/t13?,18?,19-/m0/s1. The van der Waals surface area contributed by atoms with Crippen LogP contribution in [-0.2, 0) is 30.6 Å². The summed E-state index contributed by atoms with van der Waals surface area (Å²) in [5.41, 5.74) is 6.36. The Balaban J connectivity index is 1.56. The summed E-state index contributed by atoms with van der Waals surface area (Å²) in [4.78, 5) is 56.8. The summed E-state index contributed by atoms with van der Waals surface area (Å²) in [6.45, 7) is -0.0355. The van der Waals surface area contributed by atoms with Gasteiger partial charge in [-0.3, -0.25) is 24.3 Å². The number of oxime groups is 1. The molecule has 5 heterocycles. The SMILES string of the molecule is CON=C(F)C(=O)NC1C(=O)N2C(C(=O)[O-])=C(C[n+]3ccc(N)n4nccc43)C(N3C=C(NC=O)SN3)S[C@@H]12. The molecule has 5 rings (SSSR count). The number of halogens is 1. The number of rotatable bonds is 9. The van der Waals surface area contributed by atoms with Crippen LogP contribution in [0.2, 0.25) is 0 Å². The van der Waals surface area contributed by atoms with Crippen molar-refractivity contribution < 1.29 is 38.1 Å². The summed E-state index contributed by atoms with van der Waals surface area (Å²) in [7, 11) is 1.04. The van der Waals surface area contributed by atoms with Crippen LogP contribution in [0.15, 0.2) is 52.2 Å². The van der Waals surface area contributed by atoms with Crippen molar-refractivity contribution in [3.63, 3.8) is 0 Å². The maximum atomic E-state index is 13.8. The van der Waals surface area contributed by atoms with E-state index in [-0.39, 0.29) is 12.1 Å². The van der Waals surface area contributed by atoms with Crippen LogP contribution in [0.25, 0.3) is 5.65 Å². The summed E-state index contributed by atoms with van der Waals surface area (Å²) in [6, 6.07) is 1.99. The van der Waals surface area contributed by atoms with Gasteiger partial charge in [0.2, 0.25) is 12.2 Å². The number of carbonyl (C=O) groups is 4. The zero-order valence-corrected chi connectivity index (χ0v) is 21.4. The Bertz CT molecular complexity index is 1480. The highest BCUT2D eigenvalue weighted by atomic mass is 32.2. The average molecular weight is 579 g/mol. The monoisotopic (exact) mass is 578 g/mol. The van der Waals surface area contributed by atoms with E-state index in [0.29, 0.717) is 22.9 Å². The maximum Gasteiger partial charge on any atom is 0.313 e. The van der Waals surface area contributed by atoms with Crippen LogP contribution in [0.3, 0.4) is 0 Å².